The van der Waals surface area contributed by atoms with Crippen LogP contribution in [-0.4, -0.2) is 19.5 Å². The fourth-order valence-corrected chi connectivity index (χ4v) is 5.39. The van der Waals surface area contributed by atoms with Crippen LogP contribution < -0.4 is 0 Å². The van der Waals surface area contributed by atoms with Crippen molar-refractivity contribution in [2.75, 3.05) is 13.2 Å². The predicted octanol–water partition coefficient (Wildman–Crippen LogP) is 10.5. The molecule has 0 bridgehead atoms. The van der Waals surface area contributed by atoms with Gasteiger partial charge in [-0.15, -0.1) is 0 Å². The van der Waals surface area contributed by atoms with Crippen LogP contribution in [0.25, 0.3) is 22.3 Å². The summed E-state index contributed by atoms with van der Waals surface area (Å²) in [6, 6.07) is 15.6. The molecule has 1 aliphatic rings. The van der Waals surface area contributed by atoms with Crippen LogP contribution in [0.15, 0.2) is 66.7 Å². The Hall–Kier alpha value is -2.89. The van der Waals surface area contributed by atoms with Gasteiger partial charge in [0.15, 0.2) is 17.9 Å². The highest BCUT2D eigenvalue weighted by molar-refractivity contribution is 5.71. The molecule has 0 atom stereocenters. The molecule has 0 aromatic heterocycles. The van der Waals surface area contributed by atoms with E-state index in [1.165, 1.54) is 38.2 Å². The van der Waals surface area contributed by atoms with E-state index in [4.69, 9.17) is 9.47 Å². The summed E-state index contributed by atoms with van der Waals surface area (Å²) in [5.74, 6) is -2.07. The number of ether oxygens (including phenoxy) is 2. The topological polar surface area (TPSA) is 18.5 Å². The van der Waals surface area contributed by atoms with Gasteiger partial charge in [-0.1, -0.05) is 107 Å². The second kappa shape index (κ2) is 15.9. The molecular weight excluding hydrogens is 521 g/mol. The summed E-state index contributed by atoms with van der Waals surface area (Å²) in [6.45, 7) is 5.15. The first kappa shape index (κ1) is 31.1. The quantitative estimate of drug-likeness (QED) is 0.143. The zero-order valence-corrected chi connectivity index (χ0v) is 24.4. The molecule has 0 radical (unpaired) electrons. The summed E-state index contributed by atoms with van der Waals surface area (Å²) in [4.78, 5) is 0. The highest BCUT2D eigenvalue weighted by atomic mass is 19.2. The standard InChI is InChI=1S/C36H43F3O2/c1-3-5-7-9-10-12-14-34-40-24-30(25-41-34)31-21-20-29(23-33(31)37)26-15-17-27(18-16-26)32-22-19-28(35(38)36(32)39)13-11-8-6-4-2/h6,8,15-23,30,34H,3-5,7,9-14,24-25H2,1-2H3. The van der Waals surface area contributed by atoms with Crippen molar-refractivity contribution in [1.29, 1.82) is 0 Å². The van der Waals surface area contributed by atoms with E-state index in [2.05, 4.69) is 6.92 Å². The molecule has 1 fully saturated rings. The monoisotopic (exact) mass is 564 g/mol. The van der Waals surface area contributed by atoms with Gasteiger partial charge >= 0.3 is 0 Å². The first-order valence-corrected chi connectivity index (χ1v) is 15.3. The van der Waals surface area contributed by atoms with E-state index in [0.29, 0.717) is 42.7 Å². The van der Waals surface area contributed by atoms with Crippen molar-refractivity contribution in [3.63, 3.8) is 0 Å². The third kappa shape index (κ3) is 8.56. The Kier molecular flexibility index (Phi) is 12.1. The Labute approximate surface area is 243 Å². The van der Waals surface area contributed by atoms with Gasteiger partial charge in [0.05, 0.1) is 13.2 Å². The summed E-state index contributed by atoms with van der Waals surface area (Å²) in [5, 5.41) is 0. The van der Waals surface area contributed by atoms with Gasteiger partial charge in [0, 0.05) is 11.5 Å². The maximum absolute atomic E-state index is 15.2. The first-order chi connectivity index (χ1) is 20.0. The highest BCUT2D eigenvalue weighted by Crippen LogP contribution is 2.32. The van der Waals surface area contributed by atoms with Crippen molar-refractivity contribution in [3.05, 3.63) is 95.3 Å². The lowest BCUT2D eigenvalue weighted by molar-refractivity contribution is -0.190. The fourth-order valence-electron chi connectivity index (χ4n) is 5.39. The smallest absolute Gasteiger partial charge is 0.166 e. The third-order valence-corrected chi connectivity index (χ3v) is 7.87. The number of aryl methyl sites for hydroxylation is 1. The van der Waals surface area contributed by atoms with Gasteiger partial charge < -0.3 is 9.47 Å². The van der Waals surface area contributed by atoms with E-state index in [9.17, 15) is 8.78 Å². The molecule has 1 saturated heterocycles. The third-order valence-electron chi connectivity index (χ3n) is 7.87. The van der Waals surface area contributed by atoms with Gasteiger partial charge in [0.1, 0.15) is 5.82 Å². The predicted molar refractivity (Wildman–Crippen MR) is 161 cm³/mol. The van der Waals surface area contributed by atoms with Crippen LogP contribution in [0.2, 0.25) is 0 Å². The van der Waals surface area contributed by atoms with E-state index in [-0.39, 0.29) is 23.6 Å². The van der Waals surface area contributed by atoms with Crippen molar-refractivity contribution >= 4 is 0 Å². The molecule has 1 heterocycles. The fraction of sp³-hybridized carbons (Fsp3) is 0.444. The van der Waals surface area contributed by atoms with Crippen molar-refractivity contribution in [3.8, 4) is 22.3 Å². The van der Waals surface area contributed by atoms with Crippen molar-refractivity contribution < 1.29 is 22.6 Å². The molecule has 3 aromatic rings. The normalized spacial score (nSPS) is 17.4. The molecule has 5 heteroatoms. The summed E-state index contributed by atoms with van der Waals surface area (Å²) in [7, 11) is 0. The van der Waals surface area contributed by atoms with E-state index in [1.54, 1.807) is 30.3 Å². The van der Waals surface area contributed by atoms with Gasteiger partial charge in [-0.3, -0.25) is 0 Å². The molecule has 3 aromatic carbocycles. The lowest BCUT2D eigenvalue weighted by Crippen LogP contribution is -2.31. The Morgan fingerprint density at radius 1 is 0.732 bits per heavy atom. The number of allylic oxidation sites excluding steroid dienone is 2. The number of rotatable bonds is 14. The molecule has 41 heavy (non-hydrogen) atoms. The SMILES string of the molecule is CCC=CCCc1ccc(-c2ccc(-c3ccc(C4COC(CCCCCCCC)OC4)c(F)c3)cc2)c(F)c1F. The minimum Gasteiger partial charge on any atom is -0.352 e. The number of hydrogen-bond donors (Lipinski definition) is 0. The number of halogens is 3. The molecule has 4 rings (SSSR count). The molecule has 2 nitrogen and oxygen atoms in total. The molecule has 0 spiro atoms. The molecule has 1 aliphatic heterocycles. The van der Waals surface area contributed by atoms with Crippen LogP contribution >= 0.6 is 0 Å². The van der Waals surface area contributed by atoms with E-state index in [0.717, 1.165) is 30.4 Å². The lowest BCUT2D eigenvalue weighted by Gasteiger charge is -2.30. The summed E-state index contributed by atoms with van der Waals surface area (Å²) in [5.41, 5.74) is 3.28. The van der Waals surface area contributed by atoms with E-state index in [1.807, 2.05) is 37.3 Å². The minimum atomic E-state index is -0.837. The van der Waals surface area contributed by atoms with Gasteiger partial charge in [0.2, 0.25) is 0 Å². The second-order valence-electron chi connectivity index (χ2n) is 11.0. The van der Waals surface area contributed by atoms with E-state index < -0.39 is 11.6 Å². The molecule has 0 aliphatic carbocycles. The van der Waals surface area contributed by atoms with Crippen molar-refractivity contribution in [2.45, 2.75) is 90.3 Å². The molecule has 220 valence electrons. The maximum atomic E-state index is 15.2. The Morgan fingerprint density at radius 2 is 1.41 bits per heavy atom. The number of benzene rings is 3. The highest BCUT2D eigenvalue weighted by Gasteiger charge is 2.25. The van der Waals surface area contributed by atoms with Crippen LogP contribution in [0, 0.1) is 17.5 Å². The average molecular weight is 565 g/mol. The molecule has 0 saturated carbocycles. The molecule has 0 N–H and O–H groups in total. The largest absolute Gasteiger partial charge is 0.352 e. The zero-order valence-electron chi connectivity index (χ0n) is 24.4. The Balaban J connectivity index is 1.34. The van der Waals surface area contributed by atoms with Crippen molar-refractivity contribution in [2.24, 2.45) is 0 Å². The molecule has 0 unspecified atom stereocenters. The summed E-state index contributed by atoms with van der Waals surface area (Å²) < 4.78 is 56.6. The van der Waals surface area contributed by atoms with Crippen LogP contribution in [0.5, 0.6) is 0 Å². The van der Waals surface area contributed by atoms with Crippen LogP contribution in [0.3, 0.4) is 0 Å². The first-order valence-electron chi connectivity index (χ1n) is 15.3. The van der Waals surface area contributed by atoms with Gasteiger partial charge in [0.25, 0.3) is 0 Å². The zero-order chi connectivity index (χ0) is 29.0. The summed E-state index contributed by atoms with van der Waals surface area (Å²) >= 11 is 0. The van der Waals surface area contributed by atoms with Gasteiger partial charge in [-0.2, -0.15) is 0 Å². The van der Waals surface area contributed by atoms with Crippen LogP contribution in [0.4, 0.5) is 13.2 Å². The van der Waals surface area contributed by atoms with Crippen molar-refractivity contribution in [1.82, 2.24) is 0 Å². The van der Waals surface area contributed by atoms with Gasteiger partial charge in [-0.05, 0) is 66.0 Å². The van der Waals surface area contributed by atoms with Gasteiger partial charge in [-0.25, -0.2) is 13.2 Å². The lowest BCUT2D eigenvalue weighted by atomic mass is 9.94. The Morgan fingerprint density at radius 3 is 2.12 bits per heavy atom. The van der Waals surface area contributed by atoms with E-state index >= 15 is 4.39 Å². The number of unbranched alkanes of at least 4 members (excludes halogenated alkanes) is 5. The maximum Gasteiger partial charge on any atom is 0.166 e. The average Bonchev–Trinajstić information content (AvgIpc) is 3.00. The molecule has 0 amide bonds. The molecular formula is C36H43F3O2. The second-order valence-corrected chi connectivity index (χ2v) is 11.0. The van der Waals surface area contributed by atoms with Crippen LogP contribution in [0.1, 0.15) is 88.7 Å². The Bertz CT molecular complexity index is 1260. The van der Waals surface area contributed by atoms with Crippen LogP contribution in [-0.2, 0) is 15.9 Å². The number of hydrogen-bond acceptors (Lipinski definition) is 2. The minimum absolute atomic E-state index is 0.143. The summed E-state index contributed by atoms with van der Waals surface area (Å²) in [6.07, 6.45) is 14.1.